The van der Waals surface area contributed by atoms with Crippen LogP contribution < -0.4 is 16.0 Å². The molecule has 0 atom stereocenters. The van der Waals surface area contributed by atoms with Crippen molar-refractivity contribution in [2.75, 3.05) is 18.4 Å². The summed E-state index contributed by atoms with van der Waals surface area (Å²) in [6, 6.07) is 6.63. The summed E-state index contributed by atoms with van der Waals surface area (Å²) in [5, 5.41) is 8.21. The maximum absolute atomic E-state index is 12.0. The van der Waals surface area contributed by atoms with Gasteiger partial charge in [0, 0.05) is 37.2 Å². The van der Waals surface area contributed by atoms with E-state index < -0.39 is 0 Å². The third-order valence-corrected chi connectivity index (χ3v) is 3.53. The Kier molecular flexibility index (Phi) is 7.80. The van der Waals surface area contributed by atoms with E-state index >= 15 is 0 Å². The summed E-state index contributed by atoms with van der Waals surface area (Å²) < 4.78 is 0. The van der Waals surface area contributed by atoms with Gasteiger partial charge in [-0.3, -0.25) is 14.4 Å². The van der Waals surface area contributed by atoms with Gasteiger partial charge in [-0.05, 0) is 37.1 Å². The number of anilines is 1. The molecule has 0 fully saturated rings. The van der Waals surface area contributed by atoms with Gasteiger partial charge in [0.2, 0.25) is 11.8 Å². The molecule has 3 N–H and O–H groups in total. The SMILES string of the molecule is CCC(CC)C(=O)NCCNC(=O)c1ccc(NC(C)=O)cc1. The normalized spacial score (nSPS) is 10.3. The van der Waals surface area contributed by atoms with E-state index in [1.165, 1.54) is 6.92 Å². The first-order valence-electron chi connectivity index (χ1n) is 7.91. The quantitative estimate of drug-likeness (QED) is 0.640. The molecule has 1 aromatic carbocycles. The van der Waals surface area contributed by atoms with E-state index in [1.54, 1.807) is 24.3 Å². The van der Waals surface area contributed by atoms with Crippen LogP contribution in [-0.4, -0.2) is 30.8 Å². The first kappa shape index (κ1) is 18.7. The van der Waals surface area contributed by atoms with Gasteiger partial charge in [0.15, 0.2) is 0 Å². The molecule has 1 aromatic rings. The van der Waals surface area contributed by atoms with E-state index in [1.807, 2.05) is 13.8 Å². The summed E-state index contributed by atoms with van der Waals surface area (Å²) in [4.78, 5) is 34.7. The Hall–Kier alpha value is -2.37. The molecule has 0 saturated carbocycles. The first-order chi connectivity index (χ1) is 11.0. The van der Waals surface area contributed by atoms with Crippen LogP contribution in [0.1, 0.15) is 44.0 Å². The molecule has 0 spiro atoms. The minimum absolute atomic E-state index is 0.0314. The van der Waals surface area contributed by atoms with E-state index in [9.17, 15) is 14.4 Å². The molecule has 1 rings (SSSR count). The van der Waals surface area contributed by atoms with Crippen LogP contribution in [0.3, 0.4) is 0 Å². The summed E-state index contributed by atoms with van der Waals surface area (Å²) >= 11 is 0. The minimum Gasteiger partial charge on any atom is -0.354 e. The molecule has 0 aliphatic rings. The fourth-order valence-corrected chi connectivity index (χ4v) is 2.18. The number of carbonyl (C=O) groups excluding carboxylic acids is 3. The Bertz CT molecular complexity index is 537. The fourth-order valence-electron chi connectivity index (χ4n) is 2.18. The van der Waals surface area contributed by atoms with Crippen LogP contribution in [0.25, 0.3) is 0 Å². The molecule has 6 heteroatoms. The van der Waals surface area contributed by atoms with E-state index in [0.29, 0.717) is 24.3 Å². The van der Waals surface area contributed by atoms with Crippen LogP contribution in [0.4, 0.5) is 5.69 Å². The Morgan fingerprint density at radius 3 is 2.04 bits per heavy atom. The van der Waals surface area contributed by atoms with E-state index in [2.05, 4.69) is 16.0 Å². The van der Waals surface area contributed by atoms with Crippen LogP contribution >= 0.6 is 0 Å². The van der Waals surface area contributed by atoms with Crippen molar-refractivity contribution in [3.8, 4) is 0 Å². The molecule has 0 aromatic heterocycles. The molecule has 3 amide bonds. The number of hydrogen-bond donors (Lipinski definition) is 3. The van der Waals surface area contributed by atoms with E-state index in [0.717, 1.165) is 12.8 Å². The Balaban J connectivity index is 2.36. The second-order valence-corrected chi connectivity index (χ2v) is 5.32. The molecular formula is C17H25N3O3. The molecule has 126 valence electrons. The monoisotopic (exact) mass is 319 g/mol. The van der Waals surface area contributed by atoms with Crippen LogP contribution in [0.2, 0.25) is 0 Å². The molecule has 0 heterocycles. The highest BCUT2D eigenvalue weighted by Gasteiger charge is 2.13. The number of nitrogens with one attached hydrogen (secondary N) is 3. The zero-order chi connectivity index (χ0) is 17.2. The van der Waals surface area contributed by atoms with Crippen LogP contribution in [-0.2, 0) is 9.59 Å². The Morgan fingerprint density at radius 1 is 0.957 bits per heavy atom. The molecule has 6 nitrogen and oxygen atoms in total. The summed E-state index contributed by atoms with van der Waals surface area (Å²) in [5.41, 5.74) is 1.15. The van der Waals surface area contributed by atoms with Gasteiger partial charge in [-0.15, -0.1) is 0 Å². The molecule has 0 radical (unpaired) electrons. The fraction of sp³-hybridized carbons (Fsp3) is 0.471. The van der Waals surface area contributed by atoms with E-state index in [-0.39, 0.29) is 23.6 Å². The lowest BCUT2D eigenvalue weighted by molar-refractivity contribution is -0.125. The van der Waals surface area contributed by atoms with Crippen molar-refractivity contribution in [1.82, 2.24) is 10.6 Å². The predicted octanol–water partition coefficient (Wildman–Crippen LogP) is 1.93. The van der Waals surface area contributed by atoms with Crippen molar-refractivity contribution in [2.45, 2.75) is 33.6 Å². The summed E-state index contributed by atoms with van der Waals surface area (Å²) in [5.74, 6) is -0.303. The van der Waals surface area contributed by atoms with Crippen molar-refractivity contribution in [3.63, 3.8) is 0 Å². The van der Waals surface area contributed by atoms with Crippen LogP contribution in [0, 0.1) is 5.92 Å². The second kappa shape index (κ2) is 9.61. The van der Waals surface area contributed by atoms with Crippen LogP contribution in [0.15, 0.2) is 24.3 Å². The number of carbonyl (C=O) groups is 3. The van der Waals surface area contributed by atoms with Gasteiger partial charge in [0.25, 0.3) is 5.91 Å². The number of benzene rings is 1. The topological polar surface area (TPSA) is 87.3 Å². The third-order valence-electron chi connectivity index (χ3n) is 3.53. The number of amides is 3. The average molecular weight is 319 g/mol. The van der Waals surface area contributed by atoms with Gasteiger partial charge >= 0.3 is 0 Å². The standard InChI is InChI=1S/C17H25N3O3/c1-4-13(5-2)16(22)18-10-11-19-17(23)14-6-8-15(9-7-14)20-12(3)21/h6-9,13H,4-5,10-11H2,1-3H3,(H,18,22)(H,19,23)(H,20,21). The highest BCUT2D eigenvalue weighted by atomic mass is 16.2. The molecule has 23 heavy (non-hydrogen) atoms. The minimum atomic E-state index is -0.212. The number of rotatable bonds is 8. The lowest BCUT2D eigenvalue weighted by atomic mass is 10.0. The van der Waals surface area contributed by atoms with Gasteiger partial charge in [-0.2, -0.15) is 0 Å². The van der Waals surface area contributed by atoms with Gasteiger partial charge in [0.1, 0.15) is 0 Å². The Morgan fingerprint density at radius 2 is 1.52 bits per heavy atom. The summed E-state index contributed by atoms with van der Waals surface area (Å²) in [6.07, 6.45) is 1.63. The molecule has 0 unspecified atom stereocenters. The number of hydrogen-bond acceptors (Lipinski definition) is 3. The first-order valence-corrected chi connectivity index (χ1v) is 7.91. The largest absolute Gasteiger partial charge is 0.354 e. The maximum Gasteiger partial charge on any atom is 0.251 e. The third kappa shape index (κ3) is 6.50. The predicted molar refractivity (Wildman–Crippen MR) is 90.2 cm³/mol. The van der Waals surface area contributed by atoms with Crippen molar-refractivity contribution < 1.29 is 14.4 Å². The van der Waals surface area contributed by atoms with Gasteiger partial charge in [-0.1, -0.05) is 13.8 Å². The highest BCUT2D eigenvalue weighted by molar-refractivity contribution is 5.95. The lowest BCUT2D eigenvalue weighted by Crippen LogP contribution is -2.37. The van der Waals surface area contributed by atoms with Gasteiger partial charge < -0.3 is 16.0 Å². The van der Waals surface area contributed by atoms with Crippen molar-refractivity contribution in [2.24, 2.45) is 5.92 Å². The second-order valence-electron chi connectivity index (χ2n) is 5.32. The molecular weight excluding hydrogens is 294 g/mol. The molecule has 0 bridgehead atoms. The molecule has 0 saturated heterocycles. The zero-order valence-electron chi connectivity index (χ0n) is 13.9. The van der Waals surface area contributed by atoms with Crippen molar-refractivity contribution in [3.05, 3.63) is 29.8 Å². The maximum atomic E-state index is 12.0. The van der Waals surface area contributed by atoms with Gasteiger partial charge in [-0.25, -0.2) is 0 Å². The zero-order valence-corrected chi connectivity index (χ0v) is 13.9. The van der Waals surface area contributed by atoms with E-state index in [4.69, 9.17) is 0 Å². The molecule has 0 aliphatic carbocycles. The lowest BCUT2D eigenvalue weighted by Gasteiger charge is -2.13. The van der Waals surface area contributed by atoms with Crippen molar-refractivity contribution in [1.29, 1.82) is 0 Å². The van der Waals surface area contributed by atoms with Crippen LogP contribution in [0.5, 0.6) is 0 Å². The smallest absolute Gasteiger partial charge is 0.251 e. The average Bonchev–Trinajstić information content (AvgIpc) is 2.52. The van der Waals surface area contributed by atoms with Gasteiger partial charge in [0.05, 0.1) is 0 Å². The Labute approximate surface area is 137 Å². The summed E-state index contributed by atoms with van der Waals surface area (Å²) in [6.45, 7) is 6.18. The van der Waals surface area contributed by atoms with Crippen molar-refractivity contribution >= 4 is 23.4 Å². The highest BCUT2D eigenvalue weighted by Crippen LogP contribution is 2.09. The molecule has 0 aliphatic heterocycles. The summed E-state index contributed by atoms with van der Waals surface area (Å²) in [7, 11) is 0.